The molecule has 0 atom stereocenters. The fraction of sp³-hybridized carbons (Fsp3) is 0.308. The molecule has 0 saturated heterocycles. The van der Waals surface area contributed by atoms with Gasteiger partial charge in [-0.2, -0.15) is 9.40 Å². The van der Waals surface area contributed by atoms with E-state index in [0.29, 0.717) is 6.54 Å². The summed E-state index contributed by atoms with van der Waals surface area (Å²) >= 11 is 0. The smallest absolute Gasteiger partial charge is 0.248 e. The fourth-order valence-electron chi connectivity index (χ4n) is 2.15. The second-order valence-electron chi connectivity index (χ2n) is 4.91. The second-order valence-corrected chi connectivity index (χ2v) is 6.77. The Bertz CT molecular complexity index is 692. The number of sulfonamides is 1. The minimum Gasteiger partial charge on any atom is -0.383 e. The predicted molar refractivity (Wildman–Crippen MR) is 75.2 cm³/mol. The van der Waals surface area contributed by atoms with E-state index in [2.05, 4.69) is 10.2 Å². The van der Waals surface area contributed by atoms with Gasteiger partial charge in [0.25, 0.3) is 0 Å². The van der Waals surface area contributed by atoms with Crippen molar-refractivity contribution in [3.8, 4) is 0 Å². The average molecular weight is 292 g/mol. The predicted octanol–water partition coefficient (Wildman–Crippen LogP) is 1.35. The zero-order chi connectivity index (χ0) is 14.2. The van der Waals surface area contributed by atoms with E-state index in [1.54, 1.807) is 0 Å². The standard InChI is InChI=1S/C13H16N4O2S/c14-13-12(8-15-16-13)20(18,19)17(11-6-7-11)9-10-4-2-1-3-5-10/h1-5,8,11H,6-7,9H2,(H3,14,15,16). The van der Waals surface area contributed by atoms with Crippen LogP contribution >= 0.6 is 0 Å². The monoisotopic (exact) mass is 292 g/mol. The van der Waals surface area contributed by atoms with E-state index in [1.165, 1.54) is 10.5 Å². The zero-order valence-corrected chi connectivity index (χ0v) is 11.7. The van der Waals surface area contributed by atoms with Crippen molar-refractivity contribution in [2.24, 2.45) is 0 Å². The molecular formula is C13H16N4O2S. The summed E-state index contributed by atoms with van der Waals surface area (Å²) in [4.78, 5) is 0.0559. The number of nitrogen functional groups attached to an aromatic ring is 1. The number of benzene rings is 1. The lowest BCUT2D eigenvalue weighted by Crippen LogP contribution is -2.32. The number of nitrogens with one attached hydrogen (secondary N) is 1. The highest BCUT2D eigenvalue weighted by molar-refractivity contribution is 7.89. The molecule has 1 aliphatic rings. The molecule has 1 fully saturated rings. The number of hydrogen-bond acceptors (Lipinski definition) is 4. The molecule has 0 amide bonds. The van der Waals surface area contributed by atoms with Crippen molar-refractivity contribution in [1.29, 1.82) is 0 Å². The first kappa shape index (κ1) is 13.1. The van der Waals surface area contributed by atoms with E-state index in [9.17, 15) is 8.42 Å². The molecular weight excluding hydrogens is 276 g/mol. The molecule has 1 aliphatic carbocycles. The Kier molecular flexibility index (Phi) is 3.23. The van der Waals surface area contributed by atoms with E-state index in [0.717, 1.165) is 18.4 Å². The highest BCUT2D eigenvalue weighted by Gasteiger charge is 2.39. The summed E-state index contributed by atoms with van der Waals surface area (Å²) in [6.45, 7) is 0.360. The van der Waals surface area contributed by atoms with Gasteiger partial charge in [-0.1, -0.05) is 30.3 Å². The third kappa shape index (κ3) is 2.41. The van der Waals surface area contributed by atoms with Crippen LogP contribution in [0.25, 0.3) is 0 Å². The summed E-state index contributed by atoms with van der Waals surface area (Å²) in [5, 5.41) is 6.18. The van der Waals surface area contributed by atoms with Crippen molar-refractivity contribution >= 4 is 15.8 Å². The normalized spacial score (nSPS) is 15.7. The van der Waals surface area contributed by atoms with Crippen molar-refractivity contribution < 1.29 is 8.42 Å². The third-order valence-electron chi connectivity index (χ3n) is 3.35. The minimum atomic E-state index is -3.61. The number of H-pyrrole nitrogens is 1. The van der Waals surface area contributed by atoms with Crippen molar-refractivity contribution in [1.82, 2.24) is 14.5 Å². The van der Waals surface area contributed by atoms with Crippen LogP contribution in [0, 0.1) is 0 Å². The van der Waals surface area contributed by atoms with Crippen molar-refractivity contribution in [2.45, 2.75) is 30.3 Å². The number of aromatic nitrogens is 2. The first-order chi connectivity index (χ1) is 9.59. The van der Waals surface area contributed by atoms with Crippen molar-refractivity contribution in [3.63, 3.8) is 0 Å². The first-order valence-electron chi connectivity index (χ1n) is 6.43. The number of rotatable bonds is 5. The van der Waals surface area contributed by atoms with E-state index in [4.69, 9.17) is 5.73 Å². The molecule has 2 aromatic rings. The van der Waals surface area contributed by atoms with Gasteiger partial charge in [0.2, 0.25) is 10.0 Å². The Balaban J connectivity index is 1.93. The lowest BCUT2D eigenvalue weighted by atomic mass is 10.2. The molecule has 6 nitrogen and oxygen atoms in total. The van der Waals surface area contributed by atoms with Crippen LogP contribution in [0.1, 0.15) is 18.4 Å². The van der Waals surface area contributed by atoms with Crippen LogP contribution in [0.5, 0.6) is 0 Å². The van der Waals surface area contributed by atoms with Gasteiger partial charge in [-0.05, 0) is 18.4 Å². The van der Waals surface area contributed by atoms with Gasteiger partial charge in [0.05, 0.1) is 6.20 Å². The number of nitrogens with zero attached hydrogens (tertiary/aromatic N) is 2. The van der Waals surface area contributed by atoms with Gasteiger partial charge < -0.3 is 5.73 Å². The van der Waals surface area contributed by atoms with E-state index < -0.39 is 10.0 Å². The Morgan fingerprint density at radius 2 is 2.00 bits per heavy atom. The van der Waals surface area contributed by atoms with Gasteiger partial charge in [-0.3, -0.25) is 5.10 Å². The molecule has 7 heteroatoms. The van der Waals surface area contributed by atoms with Crippen LogP contribution in [0.2, 0.25) is 0 Å². The largest absolute Gasteiger partial charge is 0.383 e. The molecule has 1 saturated carbocycles. The number of aromatic amines is 1. The maximum absolute atomic E-state index is 12.7. The van der Waals surface area contributed by atoms with E-state index >= 15 is 0 Å². The van der Waals surface area contributed by atoms with Gasteiger partial charge in [0.1, 0.15) is 10.7 Å². The minimum absolute atomic E-state index is 0.0559. The Morgan fingerprint density at radius 1 is 1.30 bits per heavy atom. The average Bonchev–Trinajstić information content (AvgIpc) is 3.18. The topological polar surface area (TPSA) is 92.1 Å². The maximum atomic E-state index is 12.7. The number of anilines is 1. The molecule has 3 N–H and O–H groups in total. The summed E-state index contributed by atoms with van der Waals surface area (Å²) < 4.78 is 26.9. The molecule has 106 valence electrons. The van der Waals surface area contributed by atoms with Gasteiger partial charge in [-0.25, -0.2) is 8.42 Å². The molecule has 0 spiro atoms. The summed E-state index contributed by atoms with van der Waals surface area (Å²) in [5.74, 6) is 0.0868. The second kappa shape index (κ2) is 4.92. The first-order valence-corrected chi connectivity index (χ1v) is 7.87. The fourth-order valence-corrected chi connectivity index (χ4v) is 3.84. The van der Waals surface area contributed by atoms with Gasteiger partial charge in [0, 0.05) is 12.6 Å². The lowest BCUT2D eigenvalue weighted by molar-refractivity contribution is 0.399. The molecule has 0 bridgehead atoms. The lowest BCUT2D eigenvalue weighted by Gasteiger charge is -2.21. The zero-order valence-electron chi connectivity index (χ0n) is 10.9. The summed E-state index contributed by atoms with van der Waals surface area (Å²) in [6.07, 6.45) is 3.05. The van der Waals surface area contributed by atoms with Crippen molar-refractivity contribution in [2.75, 3.05) is 5.73 Å². The summed E-state index contributed by atoms with van der Waals surface area (Å²) in [7, 11) is -3.61. The van der Waals surface area contributed by atoms with Crippen LogP contribution in [0.15, 0.2) is 41.4 Å². The van der Waals surface area contributed by atoms with Gasteiger partial charge in [-0.15, -0.1) is 0 Å². The molecule has 3 rings (SSSR count). The number of nitrogens with two attached hydrogens (primary N) is 1. The molecule has 1 aromatic carbocycles. The highest BCUT2D eigenvalue weighted by atomic mass is 32.2. The Morgan fingerprint density at radius 3 is 2.55 bits per heavy atom. The third-order valence-corrected chi connectivity index (χ3v) is 5.28. The Hall–Kier alpha value is -1.86. The number of hydrogen-bond donors (Lipinski definition) is 2. The van der Waals surface area contributed by atoms with Gasteiger partial charge in [0.15, 0.2) is 0 Å². The van der Waals surface area contributed by atoms with Gasteiger partial charge >= 0.3 is 0 Å². The summed E-state index contributed by atoms with van der Waals surface area (Å²) in [6, 6.07) is 9.62. The Labute approximate surface area is 117 Å². The molecule has 0 unspecified atom stereocenters. The highest BCUT2D eigenvalue weighted by Crippen LogP contribution is 2.34. The van der Waals surface area contributed by atoms with Crippen LogP contribution in [0.3, 0.4) is 0 Å². The molecule has 0 aliphatic heterocycles. The maximum Gasteiger partial charge on any atom is 0.248 e. The van der Waals surface area contributed by atoms with Crippen LogP contribution < -0.4 is 5.73 Å². The summed E-state index contributed by atoms with van der Waals surface area (Å²) in [5.41, 5.74) is 6.62. The SMILES string of the molecule is Nc1[nH]ncc1S(=O)(=O)N(Cc1ccccc1)C1CC1. The van der Waals surface area contributed by atoms with E-state index in [-0.39, 0.29) is 16.8 Å². The van der Waals surface area contributed by atoms with Crippen LogP contribution in [-0.2, 0) is 16.6 Å². The molecule has 1 aromatic heterocycles. The molecule has 20 heavy (non-hydrogen) atoms. The van der Waals surface area contributed by atoms with Crippen LogP contribution in [-0.4, -0.2) is 29.0 Å². The quantitative estimate of drug-likeness (QED) is 0.870. The van der Waals surface area contributed by atoms with Crippen molar-refractivity contribution in [3.05, 3.63) is 42.1 Å². The molecule has 0 radical (unpaired) electrons. The van der Waals surface area contributed by atoms with Crippen LogP contribution in [0.4, 0.5) is 5.82 Å². The van der Waals surface area contributed by atoms with E-state index in [1.807, 2.05) is 30.3 Å². The molecule has 1 heterocycles.